The Labute approximate surface area is 164 Å². The largest absolute Gasteiger partial charge is 0.457 e. The number of benzene rings is 2. The normalized spacial score (nSPS) is 16.3. The van der Waals surface area contributed by atoms with E-state index in [1.807, 2.05) is 30.3 Å². The molecule has 3 N–H and O–H groups in total. The van der Waals surface area contributed by atoms with Crippen LogP contribution < -0.4 is 14.9 Å². The molecule has 8 heteroatoms. The van der Waals surface area contributed by atoms with Crippen molar-refractivity contribution in [2.24, 2.45) is 0 Å². The summed E-state index contributed by atoms with van der Waals surface area (Å²) in [7, 11) is -3.83. The van der Waals surface area contributed by atoms with Crippen molar-refractivity contribution in [3.05, 3.63) is 54.6 Å². The zero-order valence-corrected chi connectivity index (χ0v) is 16.2. The number of rotatable bonds is 7. The fourth-order valence-electron chi connectivity index (χ4n) is 3.55. The van der Waals surface area contributed by atoms with E-state index in [1.54, 1.807) is 17.6 Å². The molecule has 3 rings (SSSR count). The minimum absolute atomic E-state index is 0.0993. The lowest BCUT2D eigenvalue weighted by Crippen LogP contribution is -2.52. The number of nitrogens with one attached hydrogen (secondary N) is 2. The second kappa shape index (κ2) is 8.72. The van der Waals surface area contributed by atoms with E-state index in [0.29, 0.717) is 24.3 Å². The van der Waals surface area contributed by atoms with Gasteiger partial charge in [0.15, 0.2) is 0 Å². The van der Waals surface area contributed by atoms with Crippen molar-refractivity contribution in [1.82, 2.24) is 10.2 Å². The summed E-state index contributed by atoms with van der Waals surface area (Å²) in [6, 6.07) is 15.3. The predicted octanol–water partition coefficient (Wildman–Crippen LogP) is 3.36. The van der Waals surface area contributed by atoms with Gasteiger partial charge in [-0.2, -0.15) is 0 Å². The summed E-state index contributed by atoms with van der Waals surface area (Å²) in [5.74, 6) is 0.584. The van der Waals surface area contributed by atoms with Crippen LogP contribution in [0.25, 0.3) is 0 Å². The third-order valence-corrected chi connectivity index (χ3v) is 6.49. The van der Waals surface area contributed by atoms with Crippen molar-refractivity contribution >= 4 is 15.9 Å². The van der Waals surface area contributed by atoms with Crippen molar-refractivity contribution in [2.45, 2.75) is 49.0 Å². The van der Waals surface area contributed by atoms with Gasteiger partial charge in [0, 0.05) is 12.0 Å². The van der Waals surface area contributed by atoms with Gasteiger partial charge in [0.05, 0.1) is 4.90 Å². The van der Waals surface area contributed by atoms with Gasteiger partial charge in [0.1, 0.15) is 11.5 Å². The second-order valence-corrected chi connectivity index (χ2v) is 8.73. The topological polar surface area (TPSA) is 105 Å². The minimum Gasteiger partial charge on any atom is -0.457 e. The first kappa shape index (κ1) is 20.3. The van der Waals surface area contributed by atoms with Crippen molar-refractivity contribution in [3.63, 3.8) is 0 Å². The van der Waals surface area contributed by atoms with E-state index in [9.17, 15) is 13.2 Å². The lowest BCUT2D eigenvalue weighted by atomic mass is 9.80. The van der Waals surface area contributed by atoms with E-state index in [-0.39, 0.29) is 11.3 Å². The van der Waals surface area contributed by atoms with Crippen molar-refractivity contribution in [3.8, 4) is 11.5 Å². The molecular weight excluding hydrogens is 380 g/mol. The highest BCUT2D eigenvalue weighted by Crippen LogP contribution is 2.33. The highest BCUT2D eigenvalue weighted by atomic mass is 32.2. The Morgan fingerprint density at radius 1 is 0.964 bits per heavy atom. The first-order valence-electron chi connectivity index (χ1n) is 9.22. The molecule has 0 radical (unpaired) electrons. The highest BCUT2D eigenvalue weighted by molar-refractivity contribution is 7.89. The number of ether oxygens (including phenoxy) is 1. The third kappa shape index (κ3) is 5.09. The standard InChI is InChI=1S/C20H24N2O5S/c23-19(21-24)15-20(13-5-2-6-14-20)22-28(25,26)18-11-9-17(10-12-18)27-16-7-3-1-4-8-16/h1,3-4,7-12,22,24H,2,5-6,13-15H2,(H,21,23). The molecule has 1 fully saturated rings. The number of carbonyl (C=O) groups is 1. The Kier molecular flexibility index (Phi) is 6.33. The van der Waals surface area contributed by atoms with Crippen molar-refractivity contribution in [2.75, 3.05) is 0 Å². The molecule has 0 heterocycles. The van der Waals surface area contributed by atoms with E-state index in [4.69, 9.17) is 9.94 Å². The monoisotopic (exact) mass is 404 g/mol. The van der Waals surface area contributed by atoms with Gasteiger partial charge in [0.2, 0.25) is 15.9 Å². The van der Waals surface area contributed by atoms with E-state index >= 15 is 0 Å². The lowest BCUT2D eigenvalue weighted by Gasteiger charge is -2.37. The Balaban J connectivity index is 1.76. The Morgan fingerprint density at radius 2 is 1.57 bits per heavy atom. The van der Waals surface area contributed by atoms with Crippen molar-refractivity contribution < 1.29 is 23.2 Å². The summed E-state index contributed by atoms with van der Waals surface area (Å²) in [5, 5.41) is 8.86. The summed E-state index contributed by atoms with van der Waals surface area (Å²) in [6.07, 6.45) is 3.65. The number of carbonyl (C=O) groups excluding carboxylic acids is 1. The number of para-hydroxylation sites is 1. The number of amides is 1. The third-order valence-electron chi connectivity index (χ3n) is 4.90. The van der Waals surface area contributed by atoms with Gasteiger partial charge >= 0.3 is 0 Å². The molecule has 0 atom stereocenters. The van der Waals surface area contributed by atoms with E-state index in [1.165, 1.54) is 12.1 Å². The van der Waals surface area contributed by atoms with Crippen LogP contribution in [0.15, 0.2) is 59.5 Å². The molecule has 0 aromatic heterocycles. The van der Waals surface area contributed by atoms with Crippen LogP contribution in [0, 0.1) is 0 Å². The molecule has 2 aromatic rings. The first-order chi connectivity index (χ1) is 13.4. The highest BCUT2D eigenvalue weighted by Gasteiger charge is 2.38. The first-order valence-corrected chi connectivity index (χ1v) is 10.7. The molecule has 0 unspecified atom stereocenters. The van der Waals surface area contributed by atoms with Crippen LogP contribution in [0.1, 0.15) is 38.5 Å². The number of hydroxylamine groups is 1. The molecule has 28 heavy (non-hydrogen) atoms. The minimum atomic E-state index is -3.83. The molecule has 1 aliphatic rings. The fraction of sp³-hybridized carbons (Fsp3) is 0.350. The summed E-state index contributed by atoms with van der Waals surface area (Å²) in [6.45, 7) is 0. The SMILES string of the molecule is O=C(CC1(NS(=O)(=O)c2ccc(Oc3ccccc3)cc2)CCCCC1)NO. The molecule has 1 amide bonds. The van der Waals surface area contributed by atoms with Crippen LogP contribution in [-0.2, 0) is 14.8 Å². The molecule has 150 valence electrons. The zero-order valence-electron chi connectivity index (χ0n) is 15.4. The average molecular weight is 404 g/mol. The van der Waals surface area contributed by atoms with Gasteiger partial charge in [-0.1, -0.05) is 37.5 Å². The summed E-state index contributed by atoms with van der Waals surface area (Å²) < 4.78 is 34.2. The summed E-state index contributed by atoms with van der Waals surface area (Å²) in [5.41, 5.74) is 0.717. The van der Waals surface area contributed by atoms with Crippen LogP contribution >= 0.6 is 0 Å². The van der Waals surface area contributed by atoms with Gasteiger partial charge in [-0.05, 0) is 49.2 Å². The Morgan fingerprint density at radius 3 is 2.18 bits per heavy atom. The maximum absolute atomic E-state index is 12.9. The van der Waals surface area contributed by atoms with Gasteiger partial charge < -0.3 is 4.74 Å². The number of hydrogen-bond donors (Lipinski definition) is 3. The van der Waals surface area contributed by atoms with Crippen LogP contribution in [0.3, 0.4) is 0 Å². The number of sulfonamides is 1. The van der Waals surface area contributed by atoms with E-state index < -0.39 is 21.5 Å². The average Bonchev–Trinajstić information content (AvgIpc) is 2.69. The second-order valence-electron chi connectivity index (χ2n) is 7.04. The molecule has 1 saturated carbocycles. The van der Waals surface area contributed by atoms with Crippen LogP contribution in [0.2, 0.25) is 0 Å². The smallest absolute Gasteiger partial charge is 0.245 e. The van der Waals surface area contributed by atoms with Gasteiger partial charge in [-0.15, -0.1) is 0 Å². The van der Waals surface area contributed by atoms with Gasteiger partial charge in [-0.25, -0.2) is 18.6 Å². The van der Waals surface area contributed by atoms with E-state index in [2.05, 4.69) is 4.72 Å². The fourth-order valence-corrected chi connectivity index (χ4v) is 5.00. The molecule has 0 aliphatic heterocycles. The predicted molar refractivity (Wildman–Crippen MR) is 104 cm³/mol. The molecule has 1 aliphatic carbocycles. The number of hydrogen-bond acceptors (Lipinski definition) is 5. The molecule has 0 saturated heterocycles. The Hall–Kier alpha value is -2.42. The Bertz CT molecular complexity index is 892. The van der Waals surface area contributed by atoms with Crippen LogP contribution in [0.5, 0.6) is 11.5 Å². The molecular formula is C20H24N2O5S. The maximum atomic E-state index is 12.9. The summed E-state index contributed by atoms with van der Waals surface area (Å²) in [4.78, 5) is 11.8. The molecule has 0 spiro atoms. The summed E-state index contributed by atoms with van der Waals surface area (Å²) >= 11 is 0. The van der Waals surface area contributed by atoms with Crippen molar-refractivity contribution in [1.29, 1.82) is 0 Å². The quantitative estimate of drug-likeness (QED) is 0.485. The van der Waals surface area contributed by atoms with E-state index in [0.717, 1.165) is 19.3 Å². The lowest BCUT2D eigenvalue weighted by molar-refractivity contribution is -0.130. The zero-order chi connectivity index (χ0) is 20.0. The maximum Gasteiger partial charge on any atom is 0.245 e. The molecule has 2 aromatic carbocycles. The molecule has 7 nitrogen and oxygen atoms in total. The van der Waals surface area contributed by atoms with Crippen LogP contribution in [0.4, 0.5) is 0 Å². The van der Waals surface area contributed by atoms with Gasteiger partial charge in [0.25, 0.3) is 0 Å². The van der Waals surface area contributed by atoms with Gasteiger partial charge in [-0.3, -0.25) is 10.0 Å². The van der Waals surface area contributed by atoms with Crippen LogP contribution in [-0.4, -0.2) is 25.1 Å². The molecule has 0 bridgehead atoms.